The van der Waals surface area contributed by atoms with Gasteiger partial charge in [-0.25, -0.2) is 0 Å². The molecule has 1 heterocycles. The fourth-order valence-corrected chi connectivity index (χ4v) is 4.15. The van der Waals surface area contributed by atoms with Gasteiger partial charge < -0.3 is 10.6 Å². The molecule has 7 heteroatoms. The summed E-state index contributed by atoms with van der Waals surface area (Å²) in [4.78, 5) is 26.7. The molecule has 0 aromatic heterocycles. The van der Waals surface area contributed by atoms with Crippen molar-refractivity contribution in [1.29, 1.82) is 0 Å². The van der Waals surface area contributed by atoms with Crippen molar-refractivity contribution in [2.24, 2.45) is 0 Å². The van der Waals surface area contributed by atoms with E-state index in [-0.39, 0.29) is 17.9 Å². The molecule has 24 heavy (non-hydrogen) atoms. The van der Waals surface area contributed by atoms with Gasteiger partial charge in [-0.2, -0.15) is 0 Å². The maximum absolute atomic E-state index is 12.1. The van der Waals surface area contributed by atoms with E-state index < -0.39 is 0 Å². The van der Waals surface area contributed by atoms with E-state index in [2.05, 4.69) is 37.5 Å². The first-order valence-corrected chi connectivity index (χ1v) is 9.96. The molecule has 0 radical (unpaired) electrons. The third-order valence-electron chi connectivity index (χ3n) is 4.02. The van der Waals surface area contributed by atoms with Gasteiger partial charge in [0.1, 0.15) is 0 Å². The molecular formula is C17H24BrN3O2S. The zero-order valence-corrected chi connectivity index (χ0v) is 16.3. The Morgan fingerprint density at radius 2 is 1.96 bits per heavy atom. The molecule has 1 aromatic carbocycles. The van der Waals surface area contributed by atoms with Crippen molar-refractivity contribution in [3.05, 3.63) is 28.7 Å². The number of nitrogens with zero attached hydrogens (tertiary/aromatic N) is 1. The Morgan fingerprint density at radius 3 is 2.62 bits per heavy atom. The molecule has 1 aromatic rings. The van der Waals surface area contributed by atoms with Crippen molar-refractivity contribution in [3.8, 4) is 0 Å². The van der Waals surface area contributed by atoms with Crippen LogP contribution in [0.4, 0.5) is 0 Å². The molecule has 0 unspecified atom stereocenters. The van der Waals surface area contributed by atoms with E-state index in [0.717, 1.165) is 41.1 Å². The molecular weight excluding hydrogens is 390 g/mol. The molecule has 2 rings (SSSR count). The number of hydrogen-bond acceptors (Lipinski definition) is 4. The summed E-state index contributed by atoms with van der Waals surface area (Å²) in [7, 11) is 1.65. The molecule has 0 aliphatic carbocycles. The highest BCUT2D eigenvalue weighted by atomic mass is 79.9. The second-order valence-electron chi connectivity index (χ2n) is 5.82. The number of carbonyl (C=O) groups is 2. The smallest absolute Gasteiger partial charge is 0.233 e. The lowest BCUT2D eigenvalue weighted by atomic mass is 10.0. The molecule has 0 atom stereocenters. The van der Waals surface area contributed by atoms with Crippen LogP contribution in [0.3, 0.4) is 0 Å². The molecule has 1 aliphatic rings. The molecule has 0 bridgehead atoms. The molecule has 2 N–H and O–H groups in total. The van der Waals surface area contributed by atoms with Gasteiger partial charge in [0.25, 0.3) is 0 Å². The number of halogens is 1. The van der Waals surface area contributed by atoms with Gasteiger partial charge in [-0.3, -0.25) is 14.5 Å². The Labute approximate surface area is 156 Å². The number of piperidine rings is 1. The lowest BCUT2D eigenvalue weighted by Gasteiger charge is -2.31. The summed E-state index contributed by atoms with van der Waals surface area (Å²) in [5, 5.41) is 5.76. The van der Waals surface area contributed by atoms with Crippen LogP contribution < -0.4 is 10.6 Å². The zero-order chi connectivity index (χ0) is 17.4. The van der Waals surface area contributed by atoms with Gasteiger partial charge >= 0.3 is 0 Å². The van der Waals surface area contributed by atoms with E-state index in [1.807, 2.05) is 18.2 Å². The summed E-state index contributed by atoms with van der Waals surface area (Å²) in [6.07, 6.45) is 2.32. The lowest BCUT2D eigenvalue weighted by Crippen LogP contribution is -2.47. The molecule has 2 amide bonds. The molecule has 0 saturated carbocycles. The van der Waals surface area contributed by atoms with Gasteiger partial charge in [0.05, 0.1) is 6.54 Å². The molecule has 1 saturated heterocycles. The summed E-state index contributed by atoms with van der Waals surface area (Å²) in [5.41, 5.74) is 0. The fraction of sp³-hybridized carbons (Fsp3) is 0.529. The summed E-state index contributed by atoms with van der Waals surface area (Å²) in [6.45, 7) is 2.15. The van der Waals surface area contributed by atoms with E-state index in [0.29, 0.717) is 13.0 Å². The van der Waals surface area contributed by atoms with Crippen molar-refractivity contribution in [3.63, 3.8) is 0 Å². The Morgan fingerprint density at radius 1 is 1.25 bits per heavy atom. The topological polar surface area (TPSA) is 61.4 Å². The normalized spacial score (nSPS) is 15.9. The Kier molecular flexibility index (Phi) is 8.08. The third kappa shape index (κ3) is 6.45. The standard InChI is InChI=1S/C17H24BrN3O2S/c1-19-17(23)12-21-9-6-13(7-10-21)20-16(22)8-11-24-15-5-3-2-4-14(15)18/h2-5,13H,6-12H2,1H3,(H,19,23)(H,20,22). The summed E-state index contributed by atoms with van der Waals surface area (Å²) in [6, 6.07) is 8.27. The predicted molar refractivity (Wildman–Crippen MR) is 101 cm³/mol. The molecule has 0 spiro atoms. The van der Waals surface area contributed by atoms with Crippen LogP contribution in [0, 0.1) is 0 Å². The first-order chi connectivity index (χ1) is 11.6. The van der Waals surface area contributed by atoms with Crippen LogP contribution in [0.2, 0.25) is 0 Å². The number of likely N-dealkylation sites (tertiary alicyclic amines) is 1. The van der Waals surface area contributed by atoms with Crippen molar-refractivity contribution in [1.82, 2.24) is 15.5 Å². The second kappa shape index (κ2) is 10.1. The second-order valence-corrected chi connectivity index (χ2v) is 7.81. The number of rotatable bonds is 7. The van der Waals surface area contributed by atoms with E-state index in [1.54, 1.807) is 18.8 Å². The van der Waals surface area contributed by atoms with Gasteiger partial charge in [-0.1, -0.05) is 12.1 Å². The van der Waals surface area contributed by atoms with Gasteiger partial charge in [0.2, 0.25) is 11.8 Å². The van der Waals surface area contributed by atoms with Crippen LogP contribution in [0.5, 0.6) is 0 Å². The minimum atomic E-state index is 0.0431. The largest absolute Gasteiger partial charge is 0.358 e. The zero-order valence-electron chi connectivity index (χ0n) is 13.9. The quantitative estimate of drug-likeness (QED) is 0.672. The monoisotopic (exact) mass is 413 g/mol. The van der Waals surface area contributed by atoms with Crippen LogP contribution in [-0.4, -0.2) is 55.2 Å². The number of amides is 2. The average molecular weight is 414 g/mol. The number of nitrogens with one attached hydrogen (secondary N) is 2. The highest BCUT2D eigenvalue weighted by Gasteiger charge is 2.21. The number of likely N-dealkylation sites (N-methyl/N-ethyl adjacent to an activating group) is 1. The SMILES string of the molecule is CNC(=O)CN1CCC(NC(=O)CCSc2ccccc2Br)CC1. The van der Waals surface area contributed by atoms with E-state index >= 15 is 0 Å². The number of carbonyl (C=O) groups excluding carboxylic acids is 2. The minimum Gasteiger partial charge on any atom is -0.358 e. The Bertz CT molecular complexity index is 563. The maximum atomic E-state index is 12.1. The van der Waals surface area contributed by atoms with Gasteiger partial charge in [0.15, 0.2) is 0 Å². The van der Waals surface area contributed by atoms with Crippen LogP contribution in [0.1, 0.15) is 19.3 Å². The molecule has 132 valence electrons. The highest BCUT2D eigenvalue weighted by molar-refractivity contribution is 9.10. The maximum Gasteiger partial charge on any atom is 0.233 e. The minimum absolute atomic E-state index is 0.0431. The number of benzene rings is 1. The Hall–Kier alpha value is -1.05. The number of hydrogen-bond donors (Lipinski definition) is 2. The first-order valence-electron chi connectivity index (χ1n) is 8.18. The van der Waals surface area contributed by atoms with Crippen LogP contribution in [0.15, 0.2) is 33.6 Å². The van der Waals surface area contributed by atoms with Crippen LogP contribution in [0.25, 0.3) is 0 Å². The van der Waals surface area contributed by atoms with Crippen LogP contribution >= 0.6 is 27.7 Å². The molecule has 1 fully saturated rings. The average Bonchev–Trinajstić information content (AvgIpc) is 2.58. The van der Waals surface area contributed by atoms with Crippen molar-refractivity contribution >= 4 is 39.5 Å². The summed E-state index contributed by atoms with van der Waals surface area (Å²) in [5.74, 6) is 0.921. The number of thioether (sulfide) groups is 1. The summed E-state index contributed by atoms with van der Waals surface area (Å²) >= 11 is 5.20. The molecule has 5 nitrogen and oxygen atoms in total. The Balaban J connectivity index is 1.63. The van der Waals surface area contributed by atoms with E-state index in [9.17, 15) is 9.59 Å². The van der Waals surface area contributed by atoms with Gasteiger partial charge in [0, 0.05) is 47.7 Å². The summed E-state index contributed by atoms with van der Waals surface area (Å²) < 4.78 is 1.07. The molecule has 1 aliphatic heterocycles. The fourth-order valence-electron chi connectivity index (χ4n) is 2.63. The van der Waals surface area contributed by atoms with Gasteiger partial charge in [-0.05, 0) is 40.9 Å². The third-order valence-corrected chi connectivity index (χ3v) is 6.05. The van der Waals surface area contributed by atoms with E-state index in [1.165, 1.54) is 0 Å². The van der Waals surface area contributed by atoms with Crippen molar-refractivity contribution < 1.29 is 9.59 Å². The van der Waals surface area contributed by atoms with E-state index in [4.69, 9.17) is 0 Å². The van der Waals surface area contributed by atoms with Crippen LogP contribution in [-0.2, 0) is 9.59 Å². The highest BCUT2D eigenvalue weighted by Crippen LogP contribution is 2.27. The predicted octanol–water partition coefficient (Wildman–Crippen LogP) is 2.26. The lowest BCUT2D eigenvalue weighted by molar-refractivity contribution is -0.123. The first kappa shape index (κ1) is 19.3. The van der Waals surface area contributed by atoms with Crippen molar-refractivity contribution in [2.75, 3.05) is 32.4 Å². The van der Waals surface area contributed by atoms with Crippen molar-refractivity contribution in [2.45, 2.75) is 30.2 Å². The van der Waals surface area contributed by atoms with Gasteiger partial charge in [-0.15, -0.1) is 11.8 Å².